The first-order valence-electron chi connectivity index (χ1n) is 9.33. The summed E-state index contributed by atoms with van der Waals surface area (Å²) in [6.07, 6.45) is 1.80. The number of carbonyl (C=O) groups excluding carboxylic acids is 1. The Kier molecular flexibility index (Phi) is 8.17. The molecule has 1 amide bonds. The van der Waals surface area contributed by atoms with Gasteiger partial charge in [0.2, 0.25) is 15.9 Å². The van der Waals surface area contributed by atoms with Gasteiger partial charge in [0.15, 0.2) is 0 Å². The van der Waals surface area contributed by atoms with Gasteiger partial charge >= 0.3 is 0 Å². The molecule has 1 atom stereocenters. The van der Waals surface area contributed by atoms with E-state index in [0.29, 0.717) is 28.8 Å². The molecule has 0 unspecified atom stereocenters. The third-order valence-electron chi connectivity index (χ3n) is 4.68. The molecule has 1 heterocycles. The second kappa shape index (κ2) is 10.4. The van der Waals surface area contributed by atoms with Crippen molar-refractivity contribution in [3.63, 3.8) is 0 Å². The molecule has 0 radical (unpaired) electrons. The molecule has 2 aromatic carbocycles. The zero-order valence-electron chi connectivity index (χ0n) is 16.0. The average molecular weight is 536 g/mol. The number of amides is 1. The molecular weight excluding hydrogens is 515 g/mol. The Morgan fingerprint density at radius 1 is 1.20 bits per heavy atom. The second-order valence-corrected chi connectivity index (χ2v) is 10.6. The van der Waals surface area contributed by atoms with E-state index < -0.39 is 15.9 Å². The van der Waals surface area contributed by atoms with Crippen LogP contribution < -0.4 is 5.32 Å². The summed E-state index contributed by atoms with van der Waals surface area (Å²) < 4.78 is 33.9. The monoisotopic (exact) mass is 534 g/mol. The van der Waals surface area contributed by atoms with Crippen LogP contribution >= 0.6 is 39.1 Å². The quantitative estimate of drug-likeness (QED) is 0.548. The minimum Gasteiger partial charge on any atom is -0.376 e. The summed E-state index contributed by atoms with van der Waals surface area (Å²) in [5.74, 6) is -0.406. The standard InChI is InChI=1S/C20H21BrCl2N2O4S/c21-15-4-7-18(8-5-15)30(27,28)25(12-14-3-6-16(22)10-19(14)23)13-20(26)24-11-17-2-1-9-29-17/h3-8,10,17H,1-2,9,11-13H2,(H,24,26)/t17-/m0/s1. The molecule has 0 bridgehead atoms. The van der Waals surface area contributed by atoms with Gasteiger partial charge in [0, 0.05) is 34.2 Å². The molecular formula is C20H21BrCl2N2O4S. The van der Waals surface area contributed by atoms with Crippen molar-refractivity contribution in [1.29, 1.82) is 0 Å². The van der Waals surface area contributed by atoms with Crippen molar-refractivity contribution in [2.75, 3.05) is 19.7 Å². The molecule has 0 aromatic heterocycles. The first kappa shape index (κ1) is 23.5. The van der Waals surface area contributed by atoms with Crippen LogP contribution in [0.3, 0.4) is 0 Å². The van der Waals surface area contributed by atoms with Crippen LogP contribution in [0.25, 0.3) is 0 Å². The summed E-state index contributed by atoms with van der Waals surface area (Å²) in [5.41, 5.74) is 0.550. The lowest BCUT2D eigenvalue weighted by Gasteiger charge is -2.23. The Bertz CT molecular complexity index is 996. The molecule has 1 aliphatic rings. The Morgan fingerprint density at radius 3 is 2.57 bits per heavy atom. The van der Waals surface area contributed by atoms with E-state index in [1.54, 1.807) is 30.3 Å². The molecule has 30 heavy (non-hydrogen) atoms. The Labute approximate surface area is 194 Å². The highest BCUT2D eigenvalue weighted by molar-refractivity contribution is 9.10. The number of halogens is 3. The van der Waals surface area contributed by atoms with Gasteiger partial charge in [-0.05, 0) is 54.8 Å². The number of nitrogens with zero attached hydrogens (tertiary/aromatic N) is 1. The molecule has 10 heteroatoms. The summed E-state index contributed by atoms with van der Waals surface area (Å²) in [6, 6.07) is 11.1. The number of carbonyl (C=O) groups is 1. The van der Waals surface area contributed by atoms with Gasteiger partial charge in [-0.1, -0.05) is 45.2 Å². The van der Waals surface area contributed by atoms with Crippen LogP contribution in [-0.2, 0) is 26.1 Å². The molecule has 1 N–H and O–H groups in total. The van der Waals surface area contributed by atoms with Gasteiger partial charge in [-0.25, -0.2) is 8.42 Å². The van der Waals surface area contributed by atoms with E-state index in [-0.39, 0.29) is 24.1 Å². The van der Waals surface area contributed by atoms with Gasteiger partial charge < -0.3 is 10.1 Å². The predicted octanol–water partition coefficient (Wildman–Crippen LogP) is 4.24. The Hall–Kier alpha value is -1.16. The van der Waals surface area contributed by atoms with Crippen molar-refractivity contribution in [3.8, 4) is 0 Å². The van der Waals surface area contributed by atoms with Crippen molar-refractivity contribution >= 4 is 55.1 Å². The number of rotatable bonds is 8. The summed E-state index contributed by atoms with van der Waals surface area (Å²) >= 11 is 15.5. The van der Waals surface area contributed by atoms with Crippen LogP contribution in [0.4, 0.5) is 0 Å². The molecule has 0 aliphatic carbocycles. The number of hydrogen-bond donors (Lipinski definition) is 1. The highest BCUT2D eigenvalue weighted by atomic mass is 79.9. The lowest BCUT2D eigenvalue weighted by molar-refractivity contribution is -0.121. The van der Waals surface area contributed by atoms with Gasteiger partial charge in [-0.3, -0.25) is 4.79 Å². The fourth-order valence-electron chi connectivity index (χ4n) is 3.07. The number of sulfonamides is 1. The van der Waals surface area contributed by atoms with Crippen LogP contribution in [0, 0.1) is 0 Å². The van der Waals surface area contributed by atoms with Gasteiger partial charge in [0.1, 0.15) is 0 Å². The SMILES string of the molecule is O=C(CN(Cc1ccc(Cl)cc1Cl)S(=O)(=O)c1ccc(Br)cc1)NC[C@@H]1CCCO1. The molecule has 2 aromatic rings. The van der Waals surface area contributed by atoms with Crippen LogP contribution in [-0.4, -0.2) is 44.4 Å². The highest BCUT2D eigenvalue weighted by Crippen LogP contribution is 2.26. The summed E-state index contributed by atoms with van der Waals surface area (Å²) in [6.45, 7) is 0.623. The van der Waals surface area contributed by atoms with Crippen LogP contribution in [0.5, 0.6) is 0 Å². The maximum Gasteiger partial charge on any atom is 0.243 e. The van der Waals surface area contributed by atoms with Crippen LogP contribution in [0.15, 0.2) is 51.8 Å². The summed E-state index contributed by atoms with van der Waals surface area (Å²) in [4.78, 5) is 12.6. The van der Waals surface area contributed by atoms with Crippen molar-refractivity contribution in [2.45, 2.75) is 30.4 Å². The van der Waals surface area contributed by atoms with Gasteiger partial charge in [-0.15, -0.1) is 0 Å². The topological polar surface area (TPSA) is 75.7 Å². The van der Waals surface area contributed by atoms with E-state index in [9.17, 15) is 13.2 Å². The largest absolute Gasteiger partial charge is 0.376 e. The Morgan fingerprint density at radius 2 is 1.93 bits per heavy atom. The first-order valence-corrected chi connectivity index (χ1v) is 12.3. The minimum atomic E-state index is -3.95. The smallest absolute Gasteiger partial charge is 0.243 e. The number of hydrogen-bond acceptors (Lipinski definition) is 4. The van der Waals surface area contributed by atoms with Gasteiger partial charge in [-0.2, -0.15) is 4.31 Å². The molecule has 162 valence electrons. The first-order chi connectivity index (χ1) is 14.3. The number of ether oxygens (including phenoxy) is 1. The fraction of sp³-hybridized carbons (Fsp3) is 0.350. The number of benzene rings is 2. The lowest BCUT2D eigenvalue weighted by Crippen LogP contribution is -2.42. The molecule has 0 saturated carbocycles. The minimum absolute atomic E-state index is 0.0313. The normalized spacial score (nSPS) is 16.7. The van der Waals surface area contributed by atoms with Crippen molar-refractivity contribution in [1.82, 2.24) is 9.62 Å². The van der Waals surface area contributed by atoms with E-state index in [1.165, 1.54) is 12.1 Å². The summed E-state index contributed by atoms with van der Waals surface area (Å²) in [7, 11) is -3.95. The summed E-state index contributed by atoms with van der Waals surface area (Å²) in [5, 5.41) is 3.54. The molecule has 6 nitrogen and oxygen atoms in total. The van der Waals surface area contributed by atoms with Gasteiger partial charge in [0.05, 0.1) is 17.5 Å². The van der Waals surface area contributed by atoms with Crippen molar-refractivity contribution in [2.24, 2.45) is 0 Å². The molecule has 1 aliphatic heterocycles. The molecule has 1 saturated heterocycles. The van der Waals surface area contributed by atoms with E-state index in [1.807, 2.05) is 0 Å². The second-order valence-electron chi connectivity index (χ2n) is 6.90. The maximum absolute atomic E-state index is 13.3. The third kappa shape index (κ3) is 6.18. The third-order valence-corrected chi connectivity index (χ3v) is 7.61. The van der Waals surface area contributed by atoms with Crippen LogP contribution in [0.1, 0.15) is 18.4 Å². The van der Waals surface area contributed by atoms with Crippen molar-refractivity contribution in [3.05, 3.63) is 62.5 Å². The molecule has 0 spiro atoms. The maximum atomic E-state index is 13.3. The van der Waals surface area contributed by atoms with Gasteiger partial charge in [0.25, 0.3) is 0 Å². The predicted molar refractivity (Wildman–Crippen MR) is 120 cm³/mol. The fourth-order valence-corrected chi connectivity index (χ4v) is 5.18. The Balaban J connectivity index is 1.81. The van der Waals surface area contributed by atoms with Crippen molar-refractivity contribution < 1.29 is 17.9 Å². The average Bonchev–Trinajstić information content (AvgIpc) is 3.22. The van der Waals surface area contributed by atoms with E-state index in [0.717, 1.165) is 21.6 Å². The van der Waals surface area contributed by atoms with E-state index >= 15 is 0 Å². The molecule has 1 fully saturated rings. The molecule has 3 rings (SSSR count). The van der Waals surface area contributed by atoms with E-state index in [2.05, 4.69) is 21.2 Å². The lowest BCUT2D eigenvalue weighted by atomic mass is 10.2. The highest BCUT2D eigenvalue weighted by Gasteiger charge is 2.28. The zero-order valence-corrected chi connectivity index (χ0v) is 19.9. The number of nitrogens with one attached hydrogen (secondary N) is 1. The van der Waals surface area contributed by atoms with Crippen LogP contribution in [0.2, 0.25) is 10.0 Å². The van der Waals surface area contributed by atoms with E-state index in [4.69, 9.17) is 27.9 Å². The zero-order chi connectivity index (χ0) is 21.7.